The average molecular weight is 294 g/mol. The topological polar surface area (TPSA) is 40.6 Å². The van der Waals surface area contributed by atoms with Gasteiger partial charge in [-0.25, -0.2) is 4.98 Å². The number of halogens is 1. The van der Waals surface area contributed by atoms with Crippen molar-refractivity contribution >= 4 is 11.6 Å². The summed E-state index contributed by atoms with van der Waals surface area (Å²) in [7, 11) is 3.19. The van der Waals surface area contributed by atoms with Gasteiger partial charge in [0.05, 0.1) is 19.9 Å². The van der Waals surface area contributed by atoms with Crippen LogP contribution in [0.5, 0.6) is 17.4 Å². The van der Waals surface area contributed by atoms with Crippen molar-refractivity contribution in [2.24, 2.45) is 0 Å². The molecule has 0 fully saturated rings. The number of benzene rings is 1. The van der Waals surface area contributed by atoms with Crippen molar-refractivity contribution < 1.29 is 14.2 Å². The van der Waals surface area contributed by atoms with Crippen LogP contribution in [0.3, 0.4) is 0 Å². The third kappa shape index (κ3) is 3.54. The number of ether oxygens (including phenoxy) is 3. The molecule has 0 atom stereocenters. The normalized spacial score (nSPS) is 10.2. The molecule has 5 heteroatoms. The maximum Gasteiger partial charge on any atom is 0.213 e. The number of methoxy groups -OCH3 is 2. The minimum atomic E-state index is 0.333. The molecule has 0 radical (unpaired) electrons. The summed E-state index contributed by atoms with van der Waals surface area (Å²) in [6.07, 6.45) is 0. The number of hydrogen-bond acceptors (Lipinski definition) is 4. The molecule has 0 N–H and O–H groups in total. The van der Waals surface area contributed by atoms with E-state index in [1.54, 1.807) is 20.3 Å². The van der Waals surface area contributed by atoms with Gasteiger partial charge in [0.1, 0.15) is 6.61 Å². The highest BCUT2D eigenvalue weighted by atomic mass is 35.5. The Bertz CT molecular complexity index is 575. The van der Waals surface area contributed by atoms with Crippen molar-refractivity contribution in [3.05, 3.63) is 47.7 Å². The Morgan fingerprint density at radius 2 is 1.90 bits per heavy atom. The standard InChI is InChI=1S/C15H16ClNO3/c1-18-13-7-6-11(9-16)8-14(13)20-10-12-4-3-5-15(17-12)19-2/h3-8H,9-10H2,1-2H3. The van der Waals surface area contributed by atoms with Crippen molar-refractivity contribution in [1.29, 1.82) is 0 Å². The second kappa shape index (κ2) is 7.01. The molecular weight excluding hydrogens is 278 g/mol. The highest BCUT2D eigenvalue weighted by Crippen LogP contribution is 2.29. The van der Waals surface area contributed by atoms with E-state index in [1.807, 2.05) is 30.3 Å². The van der Waals surface area contributed by atoms with Crippen molar-refractivity contribution in [1.82, 2.24) is 4.98 Å². The summed E-state index contributed by atoms with van der Waals surface area (Å²) in [5, 5.41) is 0. The first-order valence-corrected chi connectivity index (χ1v) is 6.66. The van der Waals surface area contributed by atoms with Gasteiger partial charge in [0.25, 0.3) is 0 Å². The number of hydrogen-bond donors (Lipinski definition) is 0. The van der Waals surface area contributed by atoms with E-state index in [2.05, 4.69) is 4.98 Å². The van der Waals surface area contributed by atoms with E-state index in [0.717, 1.165) is 11.3 Å². The zero-order valence-electron chi connectivity index (χ0n) is 11.4. The summed E-state index contributed by atoms with van der Waals surface area (Å²) < 4.78 is 16.1. The monoisotopic (exact) mass is 293 g/mol. The highest BCUT2D eigenvalue weighted by molar-refractivity contribution is 6.17. The third-order valence-electron chi connectivity index (χ3n) is 2.75. The zero-order chi connectivity index (χ0) is 14.4. The van der Waals surface area contributed by atoms with Crippen molar-refractivity contribution in [3.8, 4) is 17.4 Å². The minimum Gasteiger partial charge on any atom is -0.493 e. The molecule has 0 spiro atoms. The molecule has 2 rings (SSSR count). The lowest BCUT2D eigenvalue weighted by Gasteiger charge is -2.11. The van der Waals surface area contributed by atoms with Crippen LogP contribution in [0.4, 0.5) is 0 Å². The fraction of sp³-hybridized carbons (Fsp3) is 0.267. The molecule has 4 nitrogen and oxygen atoms in total. The molecule has 20 heavy (non-hydrogen) atoms. The summed E-state index contributed by atoms with van der Waals surface area (Å²) in [6.45, 7) is 0.333. The molecule has 1 aromatic heterocycles. The van der Waals surface area contributed by atoms with Gasteiger partial charge < -0.3 is 14.2 Å². The summed E-state index contributed by atoms with van der Waals surface area (Å²) >= 11 is 5.83. The number of aromatic nitrogens is 1. The Labute approximate surface area is 123 Å². The zero-order valence-corrected chi connectivity index (χ0v) is 12.2. The highest BCUT2D eigenvalue weighted by Gasteiger charge is 2.07. The van der Waals surface area contributed by atoms with Gasteiger partial charge in [-0.3, -0.25) is 0 Å². The largest absolute Gasteiger partial charge is 0.493 e. The maximum absolute atomic E-state index is 5.83. The molecular formula is C15H16ClNO3. The summed E-state index contributed by atoms with van der Waals surface area (Å²) in [5.41, 5.74) is 1.75. The van der Waals surface area contributed by atoms with Gasteiger partial charge in [-0.2, -0.15) is 0 Å². The second-order valence-corrected chi connectivity index (χ2v) is 4.35. The van der Waals surface area contributed by atoms with Crippen LogP contribution in [-0.2, 0) is 12.5 Å². The van der Waals surface area contributed by atoms with Crippen LogP contribution >= 0.6 is 11.6 Å². The Kier molecular flexibility index (Phi) is 5.07. The Morgan fingerprint density at radius 3 is 2.60 bits per heavy atom. The SMILES string of the molecule is COc1cccc(COc2cc(CCl)ccc2OC)n1. The number of rotatable bonds is 6. The van der Waals surface area contributed by atoms with Crippen LogP contribution in [0, 0.1) is 0 Å². The molecule has 2 aromatic rings. The summed E-state index contributed by atoms with van der Waals surface area (Å²) in [4.78, 5) is 4.29. The first-order valence-electron chi connectivity index (χ1n) is 6.12. The average Bonchev–Trinajstić information content (AvgIpc) is 2.52. The first-order chi connectivity index (χ1) is 9.76. The predicted octanol–water partition coefficient (Wildman–Crippen LogP) is 3.42. The fourth-order valence-corrected chi connectivity index (χ4v) is 1.89. The Balaban J connectivity index is 2.12. The molecule has 106 valence electrons. The maximum atomic E-state index is 5.83. The number of alkyl halides is 1. The lowest BCUT2D eigenvalue weighted by molar-refractivity contribution is 0.278. The molecule has 0 unspecified atom stereocenters. The van der Waals surface area contributed by atoms with Gasteiger partial charge in [-0.15, -0.1) is 11.6 Å². The van der Waals surface area contributed by atoms with Crippen LogP contribution in [0.1, 0.15) is 11.3 Å². The van der Waals surface area contributed by atoms with Gasteiger partial charge in [-0.1, -0.05) is 12.1 Å². The molecule has 0 saturated carbocycles. The van der Waals surface area contributed by atoms with E-state index in [1.165, 1.54) is 0 Å². The predicted molar refractivity (Wildman–Crippen MR) is 77.7 cm³/mol. The molecule has 0 aliphatic carbocycles. The van der Waals surface area contributed by atoms with Gasteiger partial charge in [0.2, 0.25) is 5.88 Å². The van der Waals surface area contributed by atoms with E-state index in [9.17, 15) is 0 Å². The summed E-state index contributed by atoms with van der Waals surface area (Å²) in [6, 6.07) is 11.1. The fourth-order valence-electron chi connectivity index (χ4n) is 1.72. The van der Waals surface area contributed by atoms with E-state index >= 15 is 0 Å². The summed E-state index contributed by atoms with van der Waals surface area (Å²) in [5.74, 6) is 2.31. The van der Waals surface area contributed by atoms with Crippen LogP contribution in [-0.4, -0.2) is 19.2 Å². The van der Waals surface area contributed by atoms with Crippen LogP contribution < -0.4 is 14.2 Å². The molecule has 1 heterocycles. The van der Waals surface area contributed by atoms with E-state index < -0.39 is 0 Å². The Hall–Kier alpha value is -1.94. The number of pyridine rings is 1. The van der Waals surface area contributed by atoms with E-state index in [0.29, 0.717) is 29.9 Å². The van der Waals surface area contributed by atoms with E-state index in [-0.39, 0.29) is 0 Å². The number of nitrogens with zero attached hydrogens (tertiary/aromatic N) is 1. The second-order valence-electron chi connectivity index (χ2n) is 4.08. The molecule has 0 aliphatic heterocycles. The molecule has 0 amide bonds. The Morgan fingerprint density at radius 1 is 1.05 bits per heavy atom. The third-order valence-corrected chi connectivity index (χ3v) is 3.06. The van der Waals surface area contributed by atoms with E-state index in [4.69, 9.17) is 25.8 Å². The molecule has 0 saturated heterocycles. The quantitative estimate of drug-likeness (QED) is 0.765. The van der Waals surface area contributed by atoms with Gasteiger partial charge in [-0.05, 0) is 23.8 Å². The van der Waals surface area contributed by atoms with Crippen molar-refractivity contribution in [2.75, 3.05) is 14.2 Å². The van der Waals surface area contributed by atoms with Gasteiger partial charge in [0.15, 0.2) is 11.5 Å². The van der Waals surface area contributed by atoms with Crippen molar-refractivity contribution in [2.45, 2.75) is 12.5 Å². The van der Waals surface area contributed by atoms with Crippen LogP contribution in [0.2, 0.25) is 0 Å². The first kappa shape index (κ1) is 14.5. The van der Waals surface area contributed by atoms with Crippen molar-refractivity contribution in [3.63, 3.8) is 0 Å². The van der Waals surface area contributed by atoms with Gasteiger partial charge >= 0.3 is 0 Å². The molecule has 0 bridgehead atoms. The lowest BCUT2D eigenvalue weighted by atomic mass is 10.2. The smallest absolute Gasteiger partial charge is 0.213 e. The van der Waals surface area contributed by atoms with Crippen LogP contribution in [0.25, 0.3) is 0 Å². The molecule has 0 aliphatic rings. The van der Waals surface area contributed by atoms with Gasteiger partial charge in [0, 0.05) is 11.9 Å². The molecule has 1 aromatic carbocycles. The minimum absolute atomic E-state index is 0.333. The lowest BCUT2D eigenvalue weighted by Crippen LogP contribution is -2.01. The van der Waals surface area contributed by atoms with Crippen LogP contribution in [0.15, 0.2) is 36.4 Å².